The van der Waals surface area contributed by atoms with Crippen molar-refractivity contribution in [2.45, 2.75) is 13.3 Å². The van der Waals surface area contributed by atoms with Gasteiger partial charge in [-0.25, -0.2) is 0 Å². The summed E-state index contributed by atoms with van der Waals surface area (Å²) in [5.41, 5.74) is 2.69. The molecule has 1 fully saturated rings. The van der Waals surface area contributed by atoms with Gasteiger partial charge in [0.2, 0.25) is 0 Å². The molecule has 0 aromatic heterocycles. The molecule has 1 saturated heterocycles. The first-order chi connectivity index (χ1) is 10.3. The van der Waals surface area contributed by atoms with E-state index in [0.29, 0.717) is 5.92 Å². The number of para-hydroxylation sites is 1. The first-order valence-corrected chi connectivity index (χ1v) is 7.89. The van der Waals surface area contributed by atoms with Crippen LogP contribution in [0.2, 0.25) is 0 Å². The number of nitrogens with zero attached hydrogens (tertiary/aromatic N) is 1. The highest BCUT2D eigenvalue weighted by molar-refractivity contribution is 6.02. The van der Waals surface area contributed by atoms with Gasteiger partial charge < -0.3 is 20.9 Å². The topological polar surface area (TPSA) is 56.4 Å². The first kappa shape index (κ1) is 14.2. The molecule has 1 aromatic rings. The number of hydrogen-bond donors (Lipinski definition) is 3. The van der Waals surface area contributed by atoms with E-state index in [9.17, 15) is 4.79 Å². The van der Waals surface area contributed by atoms with Crippen LogP contribution in [0.1, 0.15) is 23.7 Å². The molecule has 1 unspecified atom stereocenters. The number of carbonyl (C=O) groups is 1. The Bertz CT molecular complexity index is 517. The van der Waals surface area contributed by atoms with Crippen LogP contribution in [0, 0.1) is 5.92 Å². The van der Waals surface area contributed by atoms with Gasteiger partial charge in [-0.3, -0.25) is 4.79 Å². The molecule has 2 aliphatic heterocycles. The second-order valence-corrected chi connectivity index (χ2v) is 5.84. The lowest BCUT2D eigenvalue weighted by atomic mass is 10.1. The standard InChI is InChI=1S/C16H24N4O/c1-2-20-9-6-12(11-20)10-19-16(21)13-4-3-5-14-15(13)18-8-7-17-14/h3-5,12,17-18H,2,6-11H2,1H3,(H,19,21). The van der Waals surface area contributed by atoms with Crippen LogP contribution in [0.25, 0.3) is 0 Å². The molecular formula is C16H24N4O. The van der Waals surface area contributed by atoms with Crippen LogP contribution in [0.4, 0.5) is 11.4 Å². The third-order valence-electron chi connectivity index (χ3n) is 4.42. The lowest BCUT2D eigenvalue weighted by Gasteiger charge is -2.22. The van der Waals surface area contributed by atoms with Crippen LogP contribution in [-0.4, -0.2) is 50.1 Å². The first-order valence-electron chi connectivity index (χ1n) is 7.89. The van der Waals surface area contributed by atoms with Crippen molar-refractivity contribution in [3.05, 3.63) is 23.8 Å². The maximum absolute atomic E-state index is 12.4. The maximum atomic E-state index is 12.4. The molecular weight excluding hydrogens is 264 g/mol. The van der Waals surface area contributed by atoms with E-state index < -0.39 is 0 Å². The van der Waals surface area contributed by atoms with Crippen LogP contribution in [-0.2, 0) is 0 Å². The SMILES string of the molecule is CCN1CCC(CNC(=O)c2cccc3c2NCCN3)C1. The van der Waals surface area contributed by atoms with Crippen LogP contribution in [0.5, 0.6) is 0 Å². The summed E-state index contributed by atoms with van der Waals surface area (Å²) in [5.74, 6) is 0.609. The third kappa shape index (κ3) is 3.13. The Labute approximate surface area is 126 Å². The molecule has 0 bridgehead atoms. The van der Waals surface area contributed by atoms with E-state index in [1.165, 1.54) is 6.42 Å². The highest BCUT2D eigenvalue weighted by atomic mass is 16.1. The van der Waals surface area contributed by atoms with Crippen molar-refractivity contribution in [3.63, 3.8) is 0 Å². The van der Waals surface area contributed by atoms with Gasteiger partial charge in [0.25, 0.3) is 5.91 Å². The monoisotopic (exact) mass is 288 g/mol. The van der Waals surface area contributed by atoms with E-state index in [1.54, 1.807) is 0 Å². The predicted octanol–water partition coefficient (Wildman–Crippen LogP) is 1.60. The van der Waals surface area contributed by atoms with Crippen molar-refractivity contribution in [3.8, 4) is 0 Å². The minimum absolute atomic E-state index is 0.0259. The zero-order chi connectivity index (χ0) is 14.7. The van der Waals surface area contributed by atoms with Gasteiger partial charge in [0.1, 0.15) is 0 Å². The Morgan fingerprint density at radius 3 is 3.05 bits per heavy atom. The molecule has 21 heavy (non-hydrogen) atoms. The van der Waals surface area contributed by atoms with Crippen LogP contribution in [0.3, 0.4) is 0 Å². The molecule has 2 aliphatic rings. The number of carbonyl (C=O) groups excluding carboxylic acids is 1. The van der Waals surface area contributed by atoms with Gasteiger partial charge in [-0.15, -0.1) is 0 Å². The Morgan fingerprint density at radius 2 is 2.24 bits per heavy atom. The Balaban J connectivity index is 1.61. The summed E-state index contributed by atoms with van der Waals surface area (Å²) >= 11 is 0. The number of hydrogen-bond acceptors (Lipinski definition) is 4. The minimum Gasteiger partial charge on any atom is -0.382 e. The lowest BCUT2D eigenvalue weighted by Crippen LogP contribution is -2.32. The number of fused-ring (bicyclic) bond motifs is 1. The number of rotatable bonds is 4. The summed E-state index contributed by atoms with van der Waals surface area (Å²) < 4.78 is 0. The number of likely N-dealkylation sites (tertiary alicyclic amines) is 1. The van der Waals surface area contributed by atoms with Crippen molar-refractivity contribution < 1.29 is 4.79 Å². The normalized spacial score (nSPS) is 21.3. The van der Waals surface area contributed by atoms with Gasteiger partial charge in [-0.2, -0.15) is 0 Å². The van der Waals surface area contributed by atoms with Crippen LogP contribution >= 0.6 is 0 Å². The number of amides is 1. The fourth-order valence-electron chi connectivity index (χ4n) is 3.16. The molecule has 0 spiro atoms. The van der Waals surface area contributed by atoms with E-state index >= 15 is 0 Å². The Kier molecular flexibility index (Phi) is 4.29. The van der Waals surface area contributed by atoms with Gasteiger partial charge in [0.15, 0.2) is 0 Å². The van der Waals surface area contributed by atoms with Crippen molar-refractivity contribution in [2.75, 3.05) is 49.9 Å². The van der Waals surface area contributed by atoms with Gasteiger partial charge in [-0.05, 0) is 37.6 Å². The Hall–Kier alpha value is -1.75. The van der Waals surface area contributed by atoms with Crippen LogP contribution < -0.4 is 16.0 Å². The molecule has 3 rings (SSSR count). The fourth-order valence-corrected chi connectivity index (χ4v) is 3.16. The molecule has 5 nitrogen and oxygen atoms in total. The Morgan fingerprint density at radius 1 is 1.38 bits per heavy atom. The summed E-state index contributed by atoms with van der Waals surface area (Å²) in [7, 11) is 0. The summed E-state index contributed by atoms with van der Waals surface area (Å²) in [6.07, 6.45) is 1.18. The molecule has 1 atom stereocenters. The third-order valence-corrected chi connectivity index (χ3v) is 4.42. The van der Waals surface area contributed by atoms with E-state index in [4.69, 9.17) is 0 Å². The second-order valence-electron chi connectivity index (χ2n) is 5.84. The molecule has 1 aromatic carbocycles. The lowest BCUT2D eigenvalue weighted by molar-refractivity contribution is 0.0948. The van der Waals surface area contributed by atoms with E-state index in [-0.39, 0.29) is 5.91 Å². The smallest absolute Gasteiger partial charge is 0.253 e. The second kappa shape index (κ2) is 6.35. The predicted molar refractivity (Wildman–Crippen MR) is 86.0 cm³/mol. The fraction of sp³-hybridized carbons (Fsp3) is 0.562. The van der Waals surface area contributed by atoms with Crippen molar-refractivity contribution in [1.29, 1.82) is 0 Å². The zero-order valence-electron chi connectivity index (χ0n) is 12.6. The van der Waals surface area contributed by atoms with Crippen molar-refractivity contribution in [1.82, 2.24) is 10.2 Å². The average Bonchev–Trinajstić information content (AvgIpc) is 3.00. The molecule has 0 radical (unpaired) electrons. The molecule has 0 aliphatic carbocycles. The highest BCUT2D eigenvalue weighted by Gasteiger charge is 2.22. The molecule has 114 valence electrons. The van der Waals surface area contributed by atoms with E-state index in [0.717, 1.165) is 56.2 Å². The molecule has 1 amide bonds. The number of benzene rings is 1. The van der Waals surface area contributed by atoms with E-state index in [1.807, 2.05) is 18.2 Å². The minimum atomic E-state index is 0.0259. The summed E-state index contributed by atoms with van der Waals surface area (Å²) in [5, 5.41) is 9.75. The van der Waals surface area contributed by atoms with Gasteiger partial charge in [0.05, 0.1) is 16.9 Å². The summed E-state index contributed by atoms with van der Waals surface area (Å²) in [6.45, 7) is 8.07. The average molecular weight is 288 g/mol. The van der Waals surface area contributed by atoms with Gasteiger partial charge >= 0.3 is 0 Å². The highest BCUT2D eigenvalue weighted by Crippen LogP contribution is 2.28. The summed E-state index contributed by atoms with van der Waals surface area (Å²) in [4.78, 5) is 14.9. The molecule has 5 heteroatoms. The molecule has 2 heterocycles. The van der Waals surface area contributed by atoms with Crippen molar-refractivity contribution >= 4 is 17.3 Å². The van der Waals surface area contributed by atoms with Gasteiger partial charge in [0, 0.05) is 26.2 Å². The summed E-state index contributed by atoms with van der Waals surface area (Å²) in [6, 6.07) is 5.83. The number of nitrogens with one attached hydrogen (secondary N) is 3. The maximum Gasteiger partial charge on any atom is 0.253 e. The van der Waals surface area contributed by atoms with Crippen molar-refractivity contribution in [2.24, 2.45) is 5.92 Å². The molecule has 3 N–H and O–H groups in total. The van der Waals surface area contributed by atoms with Crippen LogP contribution in [0.15, 0.2) is 18.2 Å². The molecule has 0 saturated carbocycles. The number of anilines is 2. The zero-order valence-corrected chi connectivity index (χ0v) is 12.6. The quantitative estimate of drug-likeness (QED) is 0.787. The van der Waals surface area contributed by atoms with E-state index in [2.05, 4.69) is 27.8 Å². The largest absolute Gasteiger partial charge is 0.382 e. The van der Waals surface area contributed by atoms with Gasteiger partial charge in [-0.1, -0.05) is 13.0 Å².